The second-order valence-electron chi connectivity index (χ2n) is 4.53. The molecule has 96 valence electrons. The van der Waals surface area contributed by atoms with E-state index >= 15 is 0 Å². The van der Waals surface area contributed by atoms with Gasteiger partial charge in [-0.3, -0.25) is 4.79 Å². The van der Waals surface area contributed by atoms with Crippen LogP contribution in [-0.4, -0.2) is 30.4 Å². The lowest BCUT2D eigenvalue weighted by Crippen LogP contribution is -2.39. The molecule has 0 saturated carbocycles. The largest absolute Gasteiger partial charge is 0.342 e. The van der Waals surface area contributed by atoms with E-state index in [4.69, 9.17) is 5.73 Å². The Morgan fingerprint density at radius 1 is 1.50 bits per heavy atom. The van der Waals surface area contributed by atoms with E-state index in [0.717, 1.165) is 25.4 Å². The summed E-state index contributed by atoms with van der Waals surface area (Å²) in [6.45, 7) is 4.79. The summed E-state index contributed by atoms with van der Waals surface area (Å²) in [7, 11) is 0. The first kappa shape index (κ1) is 15.7. The molecule has 1 rings (SSSR count). The third kappa shape index (κ3) is 5.17. The maximum Gasteiger partial charge on any atom is 0.222 e. The summed E-state index contributed by atoms with van der Waals surface area (Å²) in [5, 5.41) is 0. The molecule has 1 unspecified atom stereocenters. The van der Waals surface area contributed by atoms with Crippen molar-refractivity contribution in [3.05, 3.63) is 0 Å². The Morgan fingerprint density at radius 3 is 2.88 bits per heavy atom. The van der Waals surface area contributed by atoms with Crippen LogP contribution in [-0.2, 0) is 4.79 Å². The first-order chi connectivity index (χ1) is 7.27. The smallest absolute Gasteiger partial charge is 0.222 e. The van der Waals surface area contributed by atoms with E-state index in [1.165, 1.54) is 25.7 Å². The molecule has 1 heterocycles. The topological polar surface area (TPSA) is 46.3 Å². The van der Waals surface area contributed by atoms with Crippen molar-refractivity contribution in [1.29, 1.82) is 0 Å². The zero-order valence-corrected chi connectivity index (χ0v) is 11.1. The molecule has 3 nitrogen and oxygen atoms in total. The van der Waals surface area contributed by atoms with Gasteiger partial charge in [0.05, 0.1) is 0 Å². The molecule has 0 aromatic rings. The van der Waals surface area contributed by atoms with Crippen molar-refractivity contribution in [3.63, 3.8) is 0 Å². The van der Waals surface area contributed by atoms with E-state index in [2.05, 4.69) is 6.92 Å². The Kier molecular flexibility index (Phi) is 8.67. The molecular formula is C12H25ClN2O. The van der Waals surface area contributed by atoms with Gasteiger partial charge in [0.25, 0.3) is 0 Å². The molecular weight excluding hydrogens is 224 g/mol. The minimum atomic E-state index is 0. The minimum absolute atomic E-state index is 0. The molecule has 1 fully saturated rings. The van der Waals surface area contributed by atoms with Gasteiger partial charge in [0.15, 0.2) is 0 Å². The van der Waals surface area contributed by atoms with Crippen LogP contribution in [0.25, 0.3) is 0 Å². The first-order valence-electron chi connectivity index (χ1n) is 6.25. The van der Waals surface area contributed by atoms with Crippen molar-refractivity contribution in [2.75, 3.05) is 19.6 Å². The van der Waals surface area contributed by atoms with Gasteiger partial charge >= 0.3 is 0 Å². The van der Waals surface area contributed by atoms with E-state index in [9.17, 15) is 4.79 Å². The fourth-order valence-corrected chi connectivity index (χ4v) is 2.35. The normalized spacial score (nSPS) is 20.4. The lowest BCUT2D eigenvalue weighted by atomic mass is 9.93. The van der Waals surface area contributed by atoms with E-state index in [0.29, 0.717) is 18.9 Å². The molecule has 0 aromatic carbocycles. The van der Waals surface area contributed by atoms with Crippen molar-refractivity contribution in [3.8, 4) is 0 Å². The van der Waals surface area contributed by atoms with Crippen molar-refractivity contribution >= 4 is 18.3 Å². The molecule has 1 aliphatic rings. The fraction of sp³-hybridized carbons (Fsp3) is 0.917. The van der Waals surface area contributed by atoms with Crippen molar-refractivity contribution in [2.45, 2.75) is 45.4 Å². The lowest BCUT2D eigenvalue weighted by molar-refractivity contribution is -0.133. The van der Waals surface area contributed by atoms with Gasteiger partial charge < -0.3 is 10.6 Å². The van der Waals surface area contributed by atoms with Crippen molar-refractivity contribution < 1.29 is 4.79 Å². The van der Waals surface area contributed by atoms with E-state index in [-0.39, 0.29) is 12.4 Å². The second kappa shape index (κ2) is 8.82. The highest BCUT2D eigenvalue weighted by Crippen LogP contribution is 2.21. The highest BCUT2D eigenvalue weighted by Gasteiger charge is 2.22. The Balaban J connectivity index is 0.00000225. The van der Waals surface area contributed by atoms with Gasteiger partial charge in [-0.25, -0.2) is 0 Å². The Bertz CT molecular complexity index is 197. The fourth-order valence-electron chi connectivity index (χ4n) is 2.35. The highest BCUT2D eigenvalue weighted by molar-refractivity contribution is 5.85. The molecule has 1 saturated heterocycles. The number of halogens is 1. The van der Waals surface area contributed by atoms with Gasteiger partial charge in [0.1, 0.15) is 0 Å². The van der Waals surface area contributed by atoms with Crippen molar-refractivity contribution in [1.82, 2.24) is 4.90 Å². The highest BCUT2D eigenvalue weighted by atomic mass is 35.5. The minimum Gasteiger partial charge on any atom is -0.342 e. The predicted octanol–water partition coefficient (Wildman–Crippen LogP) is 2.19. The average Bonchev–Trinajstić information content (AvgIpc) is 2.27. The van der Waals surface area contributed by atoms with Crippen LogP contribution in [0.3, 0.4) is 0 Å². The number of amides is 1. The summed E-state index contributed by atoms with van der Waals surface area (Å²) in [6.07, 6.45) is 6.44. The maximum atomic E-state index is 11.8. The number of rotatable bonds is 5. The van der Waals surface area contributed by atoms with Gasteiger partial charge in [-0.05, 0) is 38.1 Å². The quantitative estimate of drug-likeness (QED) is 0.811. The molecule has 2 N–H and O–H groups in total. The summed E-state index contributed by atoms with van der Waals surface area (Å²) in [5.74, 6) is 1.05. The van der Waals surface area contributed by atoms with Crippen LogP contribution < -0.4 is 5.73 Å². The Labute approximate surface area is 105 Å². The zero-order valence-electron chi connectivity index (χ0n) is 10.3. The number of likely N-dealkylation sites (tertiary alicyclic amines) is 1. The number of carbonyl (C=O) groups excluding carboxylic acids is 1. The van der Waals surface area contributed by atoms with Crippen LogP contribution in [0.5, 0.6) is 0 Å². The molecule has 0 radical (unpaired) electrons. The van der Waals surface area contributed by atoms with Crippen LogP contribution in [0.2, 0.25) is 0 Å². The third-order valence-corrected chi connectivity index (χ3v) is 3.16. The van der Waals surface area contributed by atoms with Gasteiger partial charge in [0, 0.05) is 19.5 Å². The van der Waals surface area contributed by atoms with Crippen LogP contribution in [0.15, 0.2) is 0 Å². The van der Waals surface area contributed by atoms with Crippen molar-refractivity contribution in [2.24, 2.45) is 11.7 Å². The number of piperidine rings is 1. The predicted molar refractivity (Wildman–Crippen MR) is 69.7 cm³/mol. The number of hydrogen-bond donors (Lipinski definition) is 1. The second-order valence-corrected chi connectivity index (χ2v) is 4.53. The standard InChI is InChI=1S/C12H24N2O.ClH/c1-2-5-11-6-4-9-14(10-11)12(15)7-3-8-13;/h11H,2-10,13H2,1H3;1H. The summed E-state index contributed by atoms with van der Waals surface area (Å²) in [6, 6.07) is 0. The SMILES string of the molecule is CCCC1CCCN(C(=O)CCCN)C1.Cl. The zero-order chi connectivity index (χ0) is 11.1. The summed E-state index contributed by atoms with van der Waals surface area (Å²) < 4.78 is 0. The van der Waals surface area contributed by atoms with E-state index in [1.807, 2.05) is 4.90 Å². The molecule has 1 amide bonds. The van der Waals surface area contributed by atoms with Gasteiger partial charge in [-0.2, -0.15) is 0 Å². The number of nitrogens with two attached hydrogens (primary N) is 1. The van der Waals surface area contributed by atoms with E-state index in [1.54, 1.807) is 0 Å². The summed E-state index contributed by atoms with van der Waals surface area (Å²) in [5.41, 5.74) is 5.41. The van der Waals surface area contributed by atoms with Gasteiger partial charge in [0.2, 0.25) is 5.91 Å². The van der Waals surface area contributed by atoms with Gasteiger partial charge in [-0.1, -0.05) is 13.3 Å². The maximum absolute atomic E-state index is 11.8. The summed E-state index contributed by atoms with van der Waals surface area (Å²) >= 11 is 0. The average molecular weight is 249 g/mol. The molecule has 0 bridgehead atoms. The molecule has 1 atom stereocenters. The number of hydrogen-bond acceptors (Lipinski definition) is 2. The Morgan fingerprint density at radius 2 is 2.25 bits per heavy atom. The molecule has 0 aliphatic carbocycles. The number of nitrogens with zero attached hydrogens (tertiary/aromatic N) is 1. The lowest BCUT2D eigenvalue weighted by Gasteiger charge is -2.32. The molecule has 1 aliphatic heterocycles. The summed E-state index contributed by atoms with van der Waals surface area (Å²) in [4.78, 5) is 13.8. The van der Waals surface area contributed by atoms with Crippen LogP contribution in [0.4, 0.5) is 0 Å². The number of carbonyl (C=O) groups is 1. The van der Waals surface area contributed by atoms with Gasteiger partial charge in [-0.15, -0.1) is 12.4 Å². The van der Waals surface area contributed by atoms with Crippen LogP contribution in [0, 0.1) is 5.92 Å². The Hall–Kier alpha value is -0.280. The van der Waals surface area contributed by atoms with E-state index < -0.39 is 0 Å². The monoisotopic (exact) mass is 248 g/mol. The molecule has 0 aromatic heterocycles. The van der Waals surface area contributed by atoms with Crippen LogP contribution in [0.1, 0.15) is 45.4 Å². The first-order valence-corrected chi connectivity index (χ1v) is 6.25. The third-order valence-electron chi connectivity index (χ3n) is 3.16. The molecule has 16 heavy (non-hydrogen) atoms. The molecule has 4 heteroatoms. The molecule has 0 spiro atoms. The van der Waals surface area contributed by atoms with Crippen LogP contribution >= 0.6 is 12.4 Å².